The van der Waals surface area contributed by atoms with E-state index in [2.05, 4.69) is 255 Å². The van der Waals surface area contributed by atoms with Crippen LogP contribution in [0.1, 0.15) is 22.3 Å². The second kappa shape index (κ2) is 14.7. The Balaban J connectivity index is 1.02. The number of fused-ring (bicyclic) bond motifs is 12. The molecule has 0 spiro atoms. The summed E-state index contributed by atoms with van der Waals surface area (Å²) in [5.41, 5.74) is 14.7. The van der Waals surface area contributed by atoms with Crippen LogP contribution in [0, 0.1) is 0 Å². The molecule has 0 aromatic heterocycles. The lowest BCUT2D eigenvalue weighted by Gasteiger charge is -2.35. The van der Waals surface area contributed by atoms with Gasteiger partial charge in [-0.1, -0.05) is 224 Å². The maximum atomic E-state index is 2.54. The van der Waals surface area contributed by atoms with E-state index in [4.69, 9.17) is 0 Å². The minimum atomic E-state index is -0.566. The van der Waals surface area contributed by atoms with Gasteiger partial charge in [0.15, 0.2) is 0 Å². The molecule has 67 heavy (non-hydrogen) atoms. The molecule has 310 valence electrons. The van der Waals surface area contributed by atoms with Gasteiger partial charge in [0.25, 0.3) is 0 Å². The molecule has 13 aromatic rings. The molecule has 0 N–H and O–H groups in total. The molecule has 0 heterocycles. The standard InChI is InChI=1S/C67H42/c1-3-22-51(23-4-1)67(52-24-5-2-6-25-52)62-42-50-40-49(37-36-47(50)41-61(62)65-55-28-11-9-26-53(55)54-27-10-16-33-60(54)66(65)67)64-58-31-14-12-29-56(58)63(57-30-13-15-32-59(57)64)48-21-17-20-45(39-48)46-35-34-43-18-7-8-19-44(43)38-46/h1-42H. The third-order valence-electron chi connectivity index (χ3n) is 14.8. The van der Waals surface area contributed by atoms with Crippen molar-refractivity contribution in [2.24, 2.45) is 0 Å². The van der Waals surface area contributed by atoms with Crippen LogP contribution in [0.2, 0.25) is 0 Å². The Hall–Kier alpha value is -8.58. The molecule has 0 aliphatic heterocycles. The maximum Gasteiger partial charge on any atom is 0.0720 e. The van der Waals surface area contributed by atoms with Crippen molar-refractivity contribution in [3.8, 4) is 44.5 Å². The van der Waals surface area contributed by atoms with Crippen LogP contribution in [-0.4, -0.2) is 0 Å². The zero-order valence-electron chi connectivity index (χ0n) is 36.7. The van der Waals surface area contributed by atoms with E-state index < -0.39 is 5.41 Å². The highest BCUT2D eigenvalue weighted by atomic mass is 14.5. The molecule has 0 heteroatoms. The minimum absolute atomic E-state index is 0.566. The SMILES string of the molecule is c1ccc(C2(c3ccccc3)c3cc4cc(-c5c6ccccc6c(-c6cccc(-c7ccc8ccccc8c7)c6)c6ccccc56)ccc4cc3-c3c2c2ccccc2c2ccccc32)cc1. The Morgan fingerprint density at radius 1 is 0.224 bits per heavy atom. The molecule has 0 atom stereocenters. The van der Waals surface area contributed by atoms with Crippen LogP contribution in [0.4, 0.5) is 0 Å². The number of rotatable bonds is 5. The summed E-state index contributed by atoms with van der Waals surface area (Å²) in [5.74, 6) is 0. The number of hydrogen-bond donors (Lipinski definition) is 0. The fourth-order valence-corrected chi connectivity index (χ4v) is 12.0. The van der Waals surface area contributed by atoms with Crippen LogP contribution < -0.4 is 0 Å². The number of hydrogen-bond acceptors (Lipinski definition) is 0. The van der Waals surface area contributed by atoms with E-state index in [-0.39, 0.29) is 0 Å². The van der Waals surface area contributed by atoms with Crippen LogP contribution in [0.15, 0.2) is 255 Å². The molecule has 0 amide bonds. The molecule has 0 saturated carbocycles. The minimum Gasteiger partial charge on any atom is -0.0622 e. The smallest absolute Gasteiger partial charge is 0.0622 e. The van der Waals surface area contributed by atoms with Gasteiger partial charge >= 0.3 is 0 Å². The van der Waals surface area contributed by atoms with Crippen molar-refractivity contribution in [3.05, 3.63) is 277 Å². The van der Waals surface area contributed by atoms with Gasteiger partial charge in [-0.2, -0.15) is 0 Å². The van der Waals surface area contributed by atoms with Gasteiger partial charge in [0.1, 0.15) is 0 Å². The van der Waals surface area contributed by atoms with Crippen molar-refractivity contribution in [2.45, 2.75) is 5.41 Å². The van der Waals surface area contributed by atoms with Gasteiger partial charge in [-0.15, -0.1) is 0 Å². The summed E-state index contributed by atoms with van der Waals surface area (Å²) in [4.78, 5) is 0. The summed E-state index contributed by atoms with van der Waals surface area (Å²) < 4.78 is 0. The first-order valence-corrected chi connectivity index (χ1v) is 23.4. The van der Waals surface area contributed by atoms with Gasteiger partial charge < -0.3 is 0 Å². The monoisotopic (exact) mass is 846 g/mol. The Kier molecular flexibility index (Phi) is 8.30. The van der Waals surface area contributed by atoms with E-state index in [1.807, 2.05) is 0 Å². The zero-order valence-corrected chi connectivity index (χ0v) is 36.7. The third-order valence-corrected chi connectivity index (χ3v) is 14.8. The Bertz CT molecular complexity index is 4040. The molecule has 0 nitrogen and oxygen atoms in total. The van der Waals surface area contributed by atoms with Crippen molar-refractivity contribution in [1.29, 1.82) is 0 Å². The lowest BCUT2D eigenvalue weighted by molar-refractivity contribution is 0.777. The first-order valence-electron chi connectivity index (χ1n) is 23.4. The third kappa shape index (κ3) is 5.54. The predicted octanol–water partition coefficient (Wildman–Crippen LogP) is 18.0. The normalized spacial score (nSPS) is 12.9. The summed E-state index contributed by atoms with van der Waals surface area (Å²) in [5, 5.41) is 15.1. The largest absolute Gasteiger partial charge is 0.0720 e. The summed E-state index contributed by atoms with van der Waals surface area (Å²) in [6, 6.07) is 95.4. The molecule has 0 fully saturated rings. The van der Waals surface area contributed by atoms with E-state index in [0.29, 0.717) is 0 Å². The molecule has 14 rings (SSSR count). The summed E-state index contributed by atoms with van der Waals surface area (Å²) in [7, 11) is 0. The van der Waals surface area contributed by atoms with Crippen molar-refractivity contribution in [2.75, 3.05) is 0 Å². The maximum absolute atomic E-state index is 2.54. The van der Waals surface area contributed by atoms with Crippen LogP contribution in [0.3, 0.4) is 0 Å². The highest BCUT2D eigenvalue weighted by Gasteiger charge is 2.48. The second-order valence-electron chi connectivity index (χ2n) is 18.3. The molecule has 1 aliphatic rings. The molecule has 1 aliphatic carbocycles. The first-order chi connectivity index (χ1) is 33.2. The Labute approximate surface area is 389 Å². The molecule has 0 radical (unpaired) electrons. The zero-order chi connectivity index (χ0) is 44.1. The van der Waals surface area contributed by atoms with E-state index in [1.165, 1.54) is 131 Å². The van der Waals surface area contributed by atoms with Gasteiger partial charge in [0.2, 0.25) is 0 Å². The van der Waals surface area contributed by atoms with Gasteiger partial charge in [-0.3, -0.25) is 0 Å². The molecule has 13 aromatic carbocycles. The van der Waals surface area contributed by atoms with Crippen LogP contribution in [0.25, 0.3) is 109 Å². The highest BCUT2D eigenvalue weighted by molar-refractivity contribution is 6.23. The quantitative estimate of drug-likeness (QED) is 0.120. The lowest BCUT2D eigenvalue weighted by Crippen LogP contribution is -2.28. The number of benzene rings is 13. The summed E-state index contributed by atoms with van der Waals surface area (Å²) in [6.07, 6.45) is 0. The molecule has 0 bridgehead atoms. The lowest BCUT2D eigenvalue weighted by atomic mass is 9.66. The van der Waals surface area contributed by atoms with E-state index in [9.17, 15) is 0 Å². The predicted molar refractivity (Wildman–Crippen MR) is 285 cm³/mol. The van der Waals surface area contributed by atoms with Gasteiger partial charge in [-0.05, 0) is 162 Å². The summed E-state index contributed by atoms with van der Waals surface area (Å²) in [6.45, 7) is 0. The van der Waals surface area contributed by atoms with Gasteiger partial charge in [0, 0.05) is 0 Å². The topological polar surface area (TPSA) is 0 Å². The first kappa shape index (κ1) is 37.8. The fraction of sp³-hybridized carbons (Fsp3) is 0.0149. The van der Waals surface area contributed by atoms with Crippen LogP contribution in [0.5, 0.6) is 0 Å². The van der Waals surface area contributed by atoms with Crippen molar-refractivity contribution in [3.63, 3.8) is 0 Å². The van der Waals surface area contributed by atoms with Crippen molar-refractivity contribution < 1.29 is 0 Å². The molecular formula is C67H42. The second-order valence-corrected chi connectivity index (χ2v) is 18.3. The Morgan fingerprint density at radius 2 is 0.642 bits per heavy atom. The fourth-order valence-electron chi connectivity index (χ4n) is 12.0. The molecular weight excluding hydrogens is 805 g/mol. The average molecular weight is 847 g/mol. The van der Waals surface area contributed by atoms with Crippen molar-refractivity contribution in [1.82, 2.24) is 0 Å². The average Bonchev–Trinajstić information content (AvgIpc) is 3.70. The van der Waals surface area contributed by atoms with Gasteiger partial charge in [0.05, 0.1) is 5.41 Å². The van der Waals surface area contributed by atoms with E-state index in [1.54, 1.807) is 0 Å². The van der Waals surface area contributed by atoms with E-state index in [0.717, 1.165) is 0 Å². The van der Waals surface area contributed by atoms with E-state index >= 15 is 0 Å². The molecule has 0 saturated heterocycles. The van der Waals surface area contributed by atoms with Crippen LogP contribution >= 0.6 is 0 Å². The van der Waals surface area contributed by atoms with Crippen LogP contribution in [-0.2, 0) is 5.41 Å². The summed E-state index contributed by atoms with van der Waals surface area (Å²) >= 11 is 0. The highest BCUT2D eigenvalue weighted by Crippen LogP contribution is 2.61. The van der Waals surface area contributed by atoms with Crippen molar-refractivity contribution >= 4 is 64.6 Å². The molecule has 0 unspecified atom stereocenters. The van der Waals surface area contributed by atoms with Gasteiger partial charge in [-0.25, -0.2) is 0 Å². The Morgan fingerprint density at radius 3 is 1.27 bits per heavy atom.